The lowest BCUT2D eigenvalue weighted by atomic mass is 10.0. The van der Waals surface area contributed by atoms with Crippen molar-refractivity contribution in [2.24, 2.45) is 5.92 Å². The van der Waals surface area contributed by atoms with Crippen LogP contribution in [0.5, 0.6) is 5.75 Å². The fourth-order valence-electron chi connectivity index (χ4n) is 5.15. The molecule has 0 saturated carbocycles. The smallest absolute Gasteiger partial charge is 0.406 e. The van der Waals surface area contributed by atoms with Crippen molar-refractivity contribution in [3.63, 3.8) is 0 Å². The fourth-order valence-corrected chi connectivity index (χ4v) is 5.79. The Hall–Kier alpha value is -3.89. The molecule has 244 valence electrons. The number of halogens is 3. The number of methoxy groups -OCH3 is 1. The topological polar surface area (TPSA) is 102 Å². The van der Waals surface area contributed by atoms with Crippen LogP contribution in [0.4, 0.5) is 24.5 Å². The van der Waals surface area contributed by atoms with Crippen LogP contribution in [-0.2, 0) is 25.9 Å². The maximum absolute atomic E-state index is 13.6. The van der Waals surface area contributed by atoms with E-state index in [0.29, 0.717) is 35.5 Å². The van der Waals surface area contributed by atoms with Gasteiger partial charge < -0.3 is 24.7 Å². The molecule has 0 atom stereocenters. The van der Waals surface area contributed by atoms with Crippen LogP contribution >= 0.6 is 0 Å². The second-order valence-electron chi connectivity index (χ2n) is 11.3. The maximum atomic E-state index is 13.6. The van der Waals surface area contributed by atoms with Gasteiger partial charge in [0.2, 0.25) is 0 Å². The first kappa shape index (κ1) is 34.0. The molecule has 9 nitrogen and oxygen atoms in total. The third-order valence-electron chi connectivity index (χ3n) is 7.54. The van der Waals surface area contributed by atoms with Crippen LogP contribution in [0.15, 0.2) is 47.4 Å². The summed E-state index contributed by atoms with van der Waals surface area (Å²) < 4.78 is 76.4. The normalized spacial score (nSPS) is 14.7. The minimum atomic E-state index is -4.45. The van der Waals surface area contributed by atoms with Crippen molar-refractivity contribution >= 4 is 38.1 Å². The highest BCUT2D eigenvalue weighted by molar-refractivity contribution is 7.90. The van der Waals surface area contributed by atoms with E-state index >= 15 is 0 Å². The molecular formula is C32H39F3N4O5S. The highest BCUT2D eigenvalue weighted by Crippen LogP contribution is 2.32. The van der Waals surface area contributed by atoms with E-state index in [0.717, 1.165) is 37.9 Å². The summed E-state index contributed by atoms with van der Waals surface area (Å²) in [6.45, 7) is 5.14. The number of piperidine rings is 1. The third kappa shape index (κ3) is 9.31. The van der Waals surface area contributed by atoms with Crippen LogP contribution in [0.25, 0.3) is 10.9 Å². The van der Waals surface area contributed by atoms with Gasteiger partial charge in [-0.05, 0) is 49.1 Å². The molecule has 4 rings (SSSR count). The van der Waals surface area contributed by atoms with E-state index in [2.05, 4.69) is 27.4 Å². The van der Waals surface area contributed by atoms with Gasteiger partial charge in [-0.1, -0.05) is 25.8 Å². The molecule has 1 fully saturated rings. The molecule has 13 heteroatoms. The summed E-state index contributed by atoms with van der Waals surface area (Å²) in [5.74, 6) is 5.71. The average molecular weight is 649 g/mol. The van der Waals surface area contributed by atoms with Gasteiger partial charge in [-0.15, -0.1) is 0 Å². The second-order valence-corrected chi connectivity index (χ2v) is 13.4. The molecule has 0 aliphatic carbocycles. The molecular weight excluding hydrogens is 609 g/mol. The van der Waals surface area contributed by atoms with Crippen molar-refractivity contribution in [3.8, 4) is 17.6 Å². The van der Waals surface area contributed by atoms with Crippen molar-refractivity contribution in [2.45, 2.75) is 50.3 Å². The summed E-state index contributed by atoms with van der Waals surface area (Å²) in [5, 5.41) is 7.22. The number of nitrogens with zero attached hydrogens (tertiary/aromatic N) is 2. The largest absolute Gasteiger partial charge is 0.495 e. The first-order valence-corrected chi connectivity index (χ1v) is 16.6. The molecule has 1 aliphatic heterocycles. The van der Waals surface area contributed by atoms with Crippen LogP contribution in [0.1, 0.15) is 32.4 Å². The lowest BCUT2D eigenvalue weighted by Gasteiger charge is -2.32. The number of anilines is 2. The Kier molecular flexibility index (Phi) is 10.9. The van der Waals surface area contributed by atoms with E-state index in [9.17, 15) is 26.4 Å². The molecule has 2 aromatic carbocycles. The molecule has 0 amide bonds. The third-order valence-corrected chi connectivity index (χ3v) is 8.65. The summed E-state index contributed by atoms with van der Waals surface area (Å²) >= 11 is 0. The Morgan fingerprint density at radius 2 is 1.84 bits per heavy atom. The van der Waals surface area contributed by atoms with Crippen molar-refractivity contribution in [2.75, 3.05) is 56.8 Å². The number of carbonyl (C=O) groups is 1. The van der Waals surface area contributed by atoms with Crippen LogP contribution in [0.2, 0.25) is 0 Å². The number of aromatic nitrogens is 1. The van der Waals surface area contributed by atoms with E-state index in [-0.39, 0.29) is 35.1 Å². The van der Waals surface area contributed by atoms with E-state index < -0.39 is 22.6 Å². The zero-order valence-electron chi connectivity index (χ0n) is 25.8. The molecule has 3 aromatic rings. The Balaban J connectivity index is 1.47. The second kappa shape index (κ2) is 14.5. The number of likely N-dealkylation sites (tertiary alicyclic amines) is 1. The lowest BCUT2D eigenvalue weighted by Crippen LogP contribution is -2.40. The molecule has 1 aromatic heterocycles. The number of hydrogen-bond donors (Lipinski definition) is 2. The number of nitrogens with one attached hydrogen (secondary N) is 2. The Bertz CT molecular complexity index is 1670. The van der Waals surface area contributed by atoms with Crippen molar-refractivity contribution in [1.29, 1.82) is 0 Å². The van der Waals surface area contributed by atoms with Crippen LogP contribution in [0, 0.1) is 17.8 Å². The number of benzene rings is 2. The van der Waals surface area contributed by atoms with E-state index in [1.165, 1.54) is 23.8 Å². The molecule has 0 bridgehead atoms. The summed E-state index contributed by atoms with van der Waals surface area (Å²) in [4.78, 5) is 14.0. The van der Waals surface area contributed by atoms with Crippen molar-refractivity contribution in [3.05, 3.63) is 48.2 Å². The van der Waals surface area contributed by atoms with Gasteiger partial charge in [0, 0.05) is 49.1 Å². The van der Waals surface area contributed by atoms with Gasteiger partial charge in [0.1, 0.15) is 18.9 Å². The fraction of sp³-hybridized carbons (Fsp3) is 0.469. The van der Waals surface area contributed by atoms with Crippen LogP contribution < -0.4 is 15.4 Å². The first-order chi connectivity index (χ1) is 21.2. The number of alkyl halides is 3. The summed E-state index contributed by atoms with van der Waals surface area (Å²) in [5.41, 5.74) is 1.90. The molecule has 0 unspecified atom stereocenters. The lowest BCUT2D eigenvalue weighted by molar-refractivity contribution is -0.147. The number of fused-ring (bicyclic) bond motifs is 1. The summed E-state index contributed by atoms with van der Waals surface area (Å²) in [6.07, 6.45) is -1.67. The molecule has 1 aliphatic rings. The quantitative estimate of drug-likeness (QED) is 0.218. The molecule has 2 N–H and O–H groups in total. The van der Waals surface area contributed by atoms with Gasteiger partial charge >= 0.3 is 12.1 Å². The minimum Gasteiger partial charge on any atom is -0.495 e. The van der Waals surface area contributed by atoms with Gasteiger partial charge in [-0.3, -0.25) is 9.69 Å². The predicted octanol–water partition coefficient (Wildman–Crippen LogP) is 5.15. The number of hydrogen-bond acceptors (Lipinski definition) is 8. The minimum absolute atomic E-state index is 0.0858. The molecule has 0 radical (unpaired) electrons. The Morgan fingerprint density at radius 3 is 2.49 bits per heavy atom. The number of esters is 1. The number of sulfone groups is 1. The summed E-state index contributed by atoms with van der Waals surface area (Å²) in [7, 11) is -2.01. The molecule has 45 heavy (non-hydrogen) atoms. The average Bonchev–Trinajstić information content (AvgIpc) is 3.32. The zero-order valence-corrected chi connectivity index (χ0v) is 26.6. The Morgan fingerprint density at radius 1 is 1.11 bits per heavy atom. The molecule has 1 saturated heterocycles. The number of carbonyl (C=O) groups excluding carboxylic acids is 1. The van der Waals surface area contributed by atoms with Crippen LogP contribution in [-0.4, -0.2) is 82.2 Å². The van der Waals surface area contributed by atoms with E-state index in [1.54, 1.807) is 38.1 Å². The zero-order chi connectivity index (χ0) is 32.8. The SMILES string of the molecule is COc1cc(S(C)(=O)=O)ccc1NCC#Cc1cc2c(NC3CCN(CCOC(=O)C(C)C)CC3)cccc2n1CC(F)(F)F. The first-order valence-electron chi connectivity index (χ1n) is 14.7. The van der Waals surface area contributed by atoms with Crippen molar-refractivity contribution in [1.82, 2.24) is 9.47 Å². The van der Waals surface area contributed by atoms with Crippen molar-refractivity contribution < 1.29 is 35.9 Å². The van der Waals surface area contributed by atoms with Crippen LogP contribution in [0.3, 0.4) is 0 Å². The number of ether oxygens (including phenoxy) is 2. The van der Waals surface area contributed by atoms with E-state index in [4.69, 9.17) is 9.47 Å². The highest BCUT2D eigenvalue weighted by atomic mass is 32.2. The van der Waals surface area contributed by atoms with Gasteiger partial charge in [0.15, 0.2) is 9.84 Å². The monoisotopic (exact) mass is 648 g/mol. The predicted molar refractivity (Wildman–Crippen MR) is 168 cm³/mol. The van der Waals surface area contributed by atoms with Gasteiger partial charge in [0.25, 0.3) is 0 Å². The van der Waals surface area contributed by atoms with Gasteiger partial charge in [-0.2, -0.15) is 13.2 Å². The van der Waals surface area contributed by atoms with E-state index in [1.807, 2.05) is 6.07 Å². The maximum Gasteiger partial charge on any atom is 0.406 e. The summed E-state index contributed by atoms with van der Waals surface area (Å²) in [6, 6.07) is 11.5. The number of rotatable bonds is 11. The molecule has 2 heterocycles. The van der Waals surface area contributed by atoms with Gasteiger partial charge in [-0.25, -0.2) is 8.42 Å². The Labute approximate surface area is 262 Å². The molecule has 0 spiro atoms. The standard InChI is InChI=1S/C32H39F3N4O5S/c1-22(2)31(40)44-18-17-38-15-12-23(13-16-38)37-27-8-5-9-29-26(27)19-24(39(29)21-32(33,34)35)7-6-14-36-28-11-10-25(45(4,41)42)20-30(28)43-3/h5,8-11,19-20,22-23,36-37H,12-18,21H2,1-4H3. The van der Waals surface area contributed by atoms with Gasteiger partial charge in [0.05, 0.1) is 41.4 Å². The highest BCUT2D eigenvalue weighted by Gasteiger charge is 2.30.